The summed E-state index contributed by atoms with van der Waals surface area (Å²) in [5.41, 5.74) is 1.21. The van der Waals surface area contributed by atoms with Gasteiger partial charge in [-0.3, -0.25) is 4.79 Å². The van der Waals surface area contributed by atoms with Crippen LogP contribution in [0.25, 0.3) is 0 Å². The van der Waals surface area contributed by atoms with Gasteiger partial charge in [0.25, 0.3) is 0 Å². The fourth-order valence-corrected chi connectivity index (χ4v) is 4.39. The van der Waals surface area contributed by atoms with E-state index in [4.69, 9.17) is 0 Å². The summed E-state index contributed by atoms with van der Waals surface area (Å²) in [6, 6.07) is 10.3. The smallest absolute Gasteiger partial charge is 0.233 e. The first-order valence-electron chi connectivity index (χ1n) is 8.87. The van der Waals surface area contributed by atoms with Gasteiger partial charge in [0.05, 0.1) is 12.3 Å². The van der Waals surface area contributed by atoms with E-state index < -0.39 is 0 Å². The van der Waals surface area contributed by atoms with E-state index in [-0.39, 0.29) is 5.91 Å². The average Bonchev–Trinajstić information content (AvgIpc) is 2.93. The van der Waals surface area contributed by atoms with Crippen LogP contribution >= 0.6 is 11.8 Å². The van der Waals surface area contributed by atoms with Crippen molar-refractivity contribution in [2.24, 2.45) is 11.8 Å². The highest BCUT2D eigenvalue weighted by Crippen LogP contribution is 2.23. The molecule has 2 heterocycles. The molecule has 2 aromatic rings. The molecule has 134 valence electrons. The molecule has 0 spiro atoms. The van der Waals surface area contributed by atoms with Gasteiger partial charge in [0.15, 0.2) is 5.16 Å². The number of aromatic nitrogens is 3. The summed E-state index contributed by atoms with van der Waals surface area (Å²) in [4.78, 5) is 14.6. The van der Waals surface area contributed by atoms with Gasteiger partial charge in [0, 0.05) is 13.1 Å². The molecule has 0 N–H and O–H groups in total. The summed E-state index contributed by atoms with van der Waals surface area (Å²) in [5.74, 6) is 2.67. The van der Waals surface area contributed by atoms with E-state index in [0.717, 1.165) is 30.6 Å². The summed E-state index contributed by atoms with van der Waals surface area (Å²) < 4.78 is 2.08. The second-order valence-corrected chi connectivity index (χ2v) is 8.08. The number of hydrogen-bond donors (Lipinski definition) is 0. The molecule has 1 amide bonds. The molecule has 1 aromatic carbocycles. The minimum Gasteiger partial charge on any atom is -0.341 e. The van der Waals surface area contributed by atoms with Gasteiger partial charge in [0.1, 0.15) is 5.82 Å². The van der Waals surface area contributed by atoms with Gasteiger partial charge in [-0.25, -0.2) is 0 Å². The first-order chi connectivity index (χ1) is 12.0. The zero-order chi connectivity index (χ0) is 17.8. The minimum absolute atomic E-state index is 0.204. The van der Waals surface area contributed by atoms with Crippen molar-refractivity contribution in [2.75, 3.05) is 18.8 Å². The van der Waals surface area contributed by atoms with Gasteiger partial charge in [-0.2, -0.15) is 0 Å². The molecule has 1 saturated heterocycles. The maximum absolute atomic E-state index is 12.6. The van der Waals surface area contributed by atoms with E-state index >= 15 is 0 Å². The Morgan fingerprint density at radius 2 is 1.84 bits per heavy atom. The topological polar surface area (TPSA) is 51.0 Å². The zero-order valence-electron chi connectivity index (χ0n) is 15.2. The van der Waals surface area contributed by atoms with Crippen LogP contribution in [0, 0.1) is 18.8 Å². The quantitative estimate of drug-likeness (QED) is 0.770. The van der Waals surface area contributed by atoms with Gasteiger partial charge in [-0.15, -0.1) is 10.2 Å². The van der Waals surface area contributed by atoms with Crippen molar-refractivity contribution >= 4 is 17.7 Å². The Bertz CT molecular complexity index is 705. The molecule has 25 heavy (non-hydrogen) atoms. The molecule has 1 aromatic heterocycles. The number of carbonyl (C=O) groups excluding carboxylic acids is 1. The normalized spacial score (nSPS) is 20.7. The molecule has 0 unspecified atom stereocenters. The van der Waals surface area contributed by atoms with E-state index in [0.29, 0.717) is 17.6 Å². The first-order valence-corrected chi connectivity index (χ1v) is 9.85. The Hall–Kier alpha value is -1.82. The molecular formula is C19H26N4OS. The van der Waals surface area contributed by atoms with Crippen LogP contribution in [-0.2, 0) is 11.3 Å². The Labute approximate surface area is 153 Å². The Balaban J connectivity index is 1.63. The number of amides is 1. The predicted octanol–water partition coefficient (Wildman–Crippen LogP) is 3.23. The molecule has 6 heteroatoms. The average molecular weight is 359 g/mol. The summed E-state index contributed by atoms with van der Waals surface area (Å²) in [7, 11) is 0. The number of rotatable bonds is 5. The summed E-state index contributed by atoms with van der Waals surface area (Å²) >= 11 is 1.49. The van der Waals surface area contributed by atoms with Crippen LogP contribution < -0.4 is 0 Å². The van der Waals surface area contributed by atoms with Crippen molar-refractivity contribution in [3.05, 3.63) is 41.7 Å². The lowest BCUT2D eigenvalue weighted by Gasteiger charge is -2.34. The van der Waals surface area contributed by atoms with E-state index in [1.54, 1.807) is 0 Å². The predicted molar refractivity (Wildman–Crippen MR) is 101 cm³/mol. The second-order valence-electron chi connectivity index (χ2n) is 7.13. The van der Waals surface area contributed by atoms with E-state index in [2.05, 4.69) is 40.7 Å². The highest BCUT2D eigenvalue weighted by Gasteiger charge is 2.25. The number of benzene rings is 1. The third kappa shape index (κ3) is 4.63. The highest BCUT2D eigenvalue weighted by atomic mass is 32.2. The molecule has 5 nitrogen and oxygen atoms in total. The van der Waals surface area contributed by atoms with Crippen molar-refractivity contribution in [2.45, 2.75) is 38.9 Å². The number of piperidine rings is 1. The third-order valence-electron chi connectivity index (χ3n) is 4.63. The molecule has 0 bridgehead atoms. The summed E-state index contributed by atoms with van der Waals surface area (Å²) in [6.07, 6.45) is 1.21. The molecule has 1 fully saturated rings. The van der Waals surface area contributed by atoms with Crippen LogP contribution in [0.4, 0.5) is 0 Å². The highest BCUT2D eigenvalue weighted by molar-refractivity contribution is 7.99. The first kappa shape index (κ1) is 18.0. The van der Waals surface area contributed by atoms with Crippen molar-refractivity contribution in [1.29, 1.82) is 0 Å². The summed E-state index contributed by atoms with van der Waals surface area (Å²) in [6.45, 7) is 8.88. The minimum atomic E-state index is 0.204. The lowest BCUT2D eigenvalue weighted by atomic mass is 9.92. The molecule has 0 radical (unpaired) electrons. The summed E-state index contributed by atoms with van der Waals surface area (Å²) in [5, 5.41) is 9.27. The number of likely N-dealkylation sites (tertiary alicyclic amines) is 1. The molecular weight excluding hydrogens is 332 g/mol. The van der Waals surface area contributed by atoms with Crippen molar-refractivity contribution in [3.63, 3.8) is 0 Å². The van der Waals surface area contributed by atoms with Crippen LogP contribution in [0.15, 0.2) is 35.5 Å². The fourth-order valence-electron chi connectivity index (χ4n) is 3.50. The van der Waals surface area contributed by atoms with E-state index in [9.17, 15) is 4.79 Å². The molecule has 1 aliphatic heterocycles. The van der Waals surface area contributed by atoms with E-state index in [1.165, 1.54) is 23.7 Å². The SMILES string of the molecule is Cc1nnc(SCC(=O)N2C[C@H](C)C[C@H](C)C2)n1Cc1ccccc1. The Morgan fingerprint density at radius 1 is 1.16 bits per heavy atom. The molecule has 0 saturated carbocycles. The van der Waals surface area contributed by atoms with E-state index in [1.807, 2.05) is 30.0 Å². The van der Waals surface area contributed by atoms with Crippen molar-refractivity contribution < 1.29 is 4.79 Å². The number of aryl methyl sites for hydroxylation is 1. The lowest BCUT2D eigenvalue weighted by Crippen LogP contribution is -2.43. The van der Waals surface area contributed by atoms with Crippen LogP contribution in [0.3, 0.4) is 0 Å². The molecule has 3 rings (SSSR count). The molecule has 0 aliphatic carbocycles. The molecule has 1 aliphatic rings. The zero-order valence-corrected chi connectivity index (χ0v) is 16.0. The monoisotopic (exact) mass is 358 g/mol. The van der Waals surface area contributed by atoms with Crippen LogP contribution in [0.5, 0.6) is 0 Å². The lowest BCUT2D eigenvalue weighted by molar-refractivity contribution is -0.130. The fraction of sp³-hybridized carbons (Fsp3) is 0.526. The number of nitrogens with zero attached hydrogens (tertiary/aromatic N) is 4. The maximum atomic E-state index is 12.6. The van der Waals surface area contributed by atoms with Crippen LogP contribution in [-0.4, -0.2) is 44.4 Å². The van der Waals surface area contributed by atoms with Gasteiger partial charge in [0.2, 0.25) is 5.91 Å². The van der Waals surface area contributed by atoms with Crippen LogP contribution in [0.2, 0.25) is 0 Å². The Kier molecular flexibility index (Phi) is 5.78. The Morgan fingerprint density at radius 3 is 2.52 bits per heavy atom. The maximum Gasteiger partial charge on any atom is 0.233 e. The third-order valence-corrected chi connectivity index (χ3v) is 5.58. The van der Waals surface area contributed by atoms with Crippen molar-refractivity contribution in [3.8, 4) is 0 Å². The van der Waals surface area contributed by atoms with Gasteiger partial charge in [-0.1, -0.05) is 55.9 Å². The van der Waals surface area contributed by atoms with Gasteiger partial charge in [-0.05, 0) is 30.7 Å². The second kappa shape index (κ2) is 8.04. The number of hydrogen-bond acceptors (Lipinski definition) is 4. The van der Waals surface area contributed by atoms with Crippen LogP contribution in [0.1, 0.15) is 31.7 Å². The number of thioether (sulfide) groups is 1. The largest absolute Gasteiger partial charge is 0.341 e. The standard InChI is InChI=1S/C19H26N4OS/c1-14-9-15(2)11-22(10-14)18(24)13-25-19-21-20-16(3)23(19)12-17-7-5-4-6-8-17/h4-8,14-15H,9-13H2,1-3H3/t14-,15+. The number of carbonyl (C=O) groups is 1. The molecule has 2 atom stereocenters. The van der Waals surface area contributed by atoms with Crippen molar-refractivity contribution in [1.82, 2.24) is 19.7 Å². The van der Waals surface area contributed by atoms with Gasteiger partial charge >= 0.3 is 0 Å². The van der Waals surface area contributed by atoms with Gasteiger partial charge < -0.3 is 9.47 Å².